The lowest BCUT2D eigenvalue weighted by molar-refractivity contribution is 0.766. The third-order valence-corrected chi connectivity index (χ3v) is 21.1. The second-order valence-corrected chi connectivity index (χ2v) is 28.1. The van der Waals surface area contributed by atoms with E-state index in [4.69, 9.17) is 0 Å². The van der Waals surface area contributed by atoms with E-state index in [0.29, 0.717) is 0 Å². The van der Waals surface area contributed by atoms with Gasteiger partial charge in [0.15, 0.2) is 0 Å². The first-order chi connectivity index (χ1) is 52.3. The van der Waals surface area contributed by atoms with Crippen LogP contribution in [0.15, 0.2) is 352 Å². The average Bonchev–Trinajstić information content (AvgIpc) is 0.690. The standard InChI is InChI=1S/C106H94/c1-5-9-32-83-58-66-97(67-59-83)105(98-68-60-84(61-69-98)33-10-6-2,80-76-89-54-50-87(51-55-89)74-78-103(91-36-19-13-20-37-91,92-38-21-14-22-39-92)93-40-23-15-24-41-93)101-48-31-49-102(82-101)106(99-70-62-85(63-71-99)34-11-7-3,100-72-64-86(65-73-100)35-12-8-4)81-77-90-56-52-88(53-57-90)75-79-104(94-42-25-16-26-43-94,95-44-27-17-28-45-95)96-46-29-18-30-47-96/h13-31,36-73,82H,5-12,32-35H2,1-4H3. The molecular weight excluding hydrogens is 1270 g/mol. The minimum Gasteiger partial charge on any atom is -0.0765 e. The van der Waals surface area contributed by atoms with E-state index in [2.05, 4.69) is 427 Å². The van der Waals surface area contributed by atoms with Crippen LogP contribution >= 0.6 is 0 Å². The third-order valence-electron chi connectivity index (χ3n) is 21.1. The Morgan fingerprint density at radius 2 is 0.349 bits per heavy atom. The highest BCUT2D eigenvalue weighted by atomic mass is 14.4. The van der Waals surface area contributed by atoms with Crippen LogP contribution in [0.4, 0.5) is 0 Å². The van der Waals surface area contributed by atoms with Gasteiger partial charge in [0.05, 0.1) is 0 Å². The van der Waals surface area contributed by atoms with Crippen molar-refractivity contribution in [3.05, 3.63) is 463 Å². The molecule has 0 heterocycles. The molecule has 0 N–H and O–H groups in total. The smallest absolute Gasteiger partial charge is 0.0765 e. The Bertz CT molecular complexity index is 4570. The zero-order chi connectivity index (χ0) is 72.7. The van der Waals surface area contributed by atoms with Crippen molar-refractivity contribution >= 4 is 0 Å². The van der Waals surface area contributed by atoms with Crippen molar-refractivity contribution < 1.29 is 0 Å². The van der Waals surface area contributed by atoms with E-state index < -0.39 is 21.7 Å². The minimum absolute atomic E-state index is 0.723. The summed E-state index contributed by atoms with van der Waals surface area (Å²) < 4.78 is 0. The van der Waals surface area contributed by atoms with Crippen molar-refractivity contribution in [3.63, 3.8) is 0 Å². The molecule has 518 valence electrons. The van der Waals surface area contributed by atoms with Crippen molar-refractivity contribution in [1.29, 1.82) is 0 Å². The van der Waals surface area contributed by atoms with Gasteiger partial charge in [-0.2, -0.15) is 0 Å². The van der Waals surface area contributed by atoms with Crippen LogP contribution in [0.25, 0.3) is 0 Å². The second kappa shape index (κ2) is 35.1. The highest BCUT2D eigenvalue weighted by molar-refractivity contribution is 5.67. The summed E-state index contributed by atoms with van der Waals surface area (Å²) in [6.45, 7) is 9.08. The normalized spacial score (nSPS) is 11.4. The first-order valence-corrected chi connectivity index (χ1v) is 38.5. The van der Waals surface area contributed by atoms with Gasteiger partial charge in [-0.25, -0.2) is 0 Å². The minimum atomic E-state index is -0.967. The van der Waals surface area contributed by atoms with Gasteiger partial charge in [0.1, 0.15) is 21.7 Å². The van der Waals surface area contributed by atoms with Gasteiger partial charge in [0, 0.05) is 22.3 Å². The Kier molecular flexibility index (Phi) is 24.0. The van der Waals surface area contributed by atoms with Crippen molar-refractivity contribution in [2.24, 2.45) is 0 Å². The van der Waals surface area contributed by atoms with Crippen LogP contribution in [0.2, 0.25) is 0 Å². The lowest BCUT2D eigenvalue weighted by atomic mass is 9.65. The Labute approximate surface area is 632 Å². The molecule has 13 aromatic rings. The van der Waals surface area contributed by atoms with Crippen LogP contribution in [0.1, 0.15) is 190 Å². The molecule has 0 aromatic heterocycles. The fourth-order valence-electron chi connectivity index (χ4n) is 15.1. The molecule has 0 aliphatic heterocycles. The number of hydrogen-bond donors (Lipinski definition) is 0. The summed E-state index contributed by atoms with van der Waals surface area (Å²) in [5.41, 5.74) is 18.8. The molecule has 0 saturated carbocycles. The summed E-state index contributed by atoms with van der Waals surface area (Å²) in [5, 5.41) is 0. The van der Waals surface area contributed by atoms with Gasteiger partial charge in [-0.1, -0.05) is 404 Å². The molecule has 0 atom stereocenters. The lowest BCUT2D eigenvalue weighted by Gasteiger charge is -2.35. The van der Waals surface area contributed by atoms with Gasteiger partial charge in [-0.05, 0) is 189 Å². The molecule has 0 aliphatic rings. The first-order valence-electron chi connectivity index (χ1n) is 38.5. The zero-order valence-corrected chi connectivity index (χ0v) is 62.0. The number of aryl methyl sites for hydroxylation is 4. The molecule has 0 heteroatoms. The van der Waals surface area contributed by atoms with Crippen molar-refractivity contribution in [2.45, 2.75) is 126 Å². The zero-order valence-electron chi connectivity index (χ0n) is 62.0. The van der Waals surface area contributed by atoms with Crippen LogP contribution in [0, 0.1) is 47.4 Å². The van der Waals surface area contributed by atoms with Gasteiger partial charge in [0.25, 0.3) is 0 Å². The van der Waals surface area contributed by atoms with E-state index in [0.717, 1.165) is 166 Å². The monoisotopic (exact) mass is 1370 g/mol. The van der Waals surface area contributed by atoms with Crippen LogP contribution < -0.4 is 0 Å². The number of rotatable bonds is 24. The molecule has 0 unspecified atom stereocenters. The van der Waals surface area contributed by atoms with E-state index in [9.17, 15) is 0 Å². The summed E-state index contributed by atoms with van der Waals surface area (Å²) in [6, 6.07) is 128. The van der Waals surface area contributed by atoms with E-state index >= 15 is 0 Å². The Morgan fingerprint density at radius 3 is 0.538 bits per heavy atom. The van der Waals surface area contributed by atoms with Crippen LogP contribution in [-0.2, 0) is 47.3 Å². The van der Waals surface area contributed by atoms with Crippen LogP contribution in [0.3, 0.4) is 0 Å². The van der Waals surface area contributed by atoms with Crippen LogP contribution in [0.5, 0.6) is 0 Å². The van der Waals surface area contributed by atoms with Gasteiger partial charge < -0.3 is 0 Å². The predicted molar refractivity (Wildman–Crippen MR) is 445 cm³/mol. The molecule has 0 radical (unpaired) electrons. The van der Waals surface area contributed by atoms with Crippen LogP contribution in [-0.4, -0.2) is 0 Å². The maximum Gasteiger partial charge on any atom is 0.107 e. The predicted octanol–water partition coefficient (Wildman–Crippen LogP) is 24.6. The SMILES string of the molecule is CCCCc1ccc(C(C#Cc2ccc(C#CC(c3ccccc3)(c3ccccc3)c3ccccc3)cc2)(c2ccc(CCCC)cc2)c2cccc(C(C#Cc3ccc(C#CC(c4ccccc4)(c4ccccc4)c4ccccc4)cc3)(c3ccc(CCCC)cc3)c3ccc(CCCC)cc3)c2)cc1. The lowest BCUT2D eigenvalue weighted by Crippen LogP contribution is -2.31. The quantitative estimate of drug-likeness (QED) is 0.0418. The summed E-state index contributed by atoms with van der Waals surface area (Å²) in [7, 11) is 0. The van der Waals surface area contributed by atoms with Crippen molar-refractivity contribution in [1.82, 2.24) is 0 Å². The van der Waals surface area contributed by atoms with Gasteiger partial charge in [-0.3, -0.25) is 0 Å². The number of benzene rings is 13. The number of unbranched alkanes of at least 4 members (excludes halogenated alkanes) is 4. The number of hydrogen-bond acceptors (Lipinski definition) is 0. The third kappa shape index (κ3) is 16.1. The molecule has 0 spiro atoms. The molecule has 106 heavy (non-hydrogen) atoms. The second-order valence-electron chi connectivity index (χ2n) is 28.1. The molecule has 0 nitrogen and oxygen atoms in total. The van der Waals surface area contributed by atoms with Gasteiger partial charge in [0.2, 0.25) is 0 Å². The van der Waals surface area contributed by atoms with Gasteiger partial charge >= 0.3 is 0 Å². The molecule has 0 saturated heterocycles. The molecule has 0 amide bonds. The molecule has 13 rings (SSSR count). The molecule has 0 fully saturated rings. The van der Waals surface area contributed by atoms with Gasteiger partial charge in [-0.15, -0.1) is 0 Å². The summed E-state index contributed by atoms with van der Waals surface area (Å²) in [5.74, 6) is 31.2. The fraction of sp³-hybridized carbons (Fsp3) is 0.189. The fourth-order valence-corrected chi connectivity index (χ4v) is 15.1. The van der Waals surface area contributed by atoms with Crippen molar-refractivity contribution in [2.75, 3.05) is 0 Å². The molecular formula is C106H94. The highest BCUT2D eigenvalue weighted by Crippen LogP contribution is 2.46. The van der Waals surface area contributed by atoms with E-state index in [1.165, 1.54) is 22.3 Å². The summed E-state index contributed by atoms with van der Waals surface area (Å²) in [6.07, 6.45) is 13.0. The highest BCUT2D eigenvalue weighted by Gasteiger charge is 2.41. The molecule has 13 aromatic carbocycles. The largest absolute Gasteiger partial charge is 0.107 e. The summed E-state index contributed by atoms with van der Waals surface area (Å²) in [4.78, 5) is 0. The Morgan fingerprint density at radius 1 is 0.179 bits per heavy atom. The first kappa shape index (κ1) is 72.5. The van der Waals surface area contributed by atoms with E-state index in [1.54, 1.807) is 0 Å². The Balaban J connectivity index is 0.995. The Hall–Kier alpha value is -11.9. The topological polar surface area (TPSA) is 0 Å². The maximum absolute atomic E-state index is 4.15. The summed E-state index contributed by atoms with van der Waals surface area (Å²) >= 11 is 0. The maximum atomic E-state index is 4.15. The van der Waals surface area contributed by atoms with Crippen molar-refractivity contribution in [3.8, 4) is 47.4 Å². The average molecular weight is 1370 g/mol. The van der Waals surface area contributed by atoms with E-state index in [-0.39, 0.29) is 0 Å². The molecule has 0 bridgehead atoms. The molecule has 0 aliphatic carbocycles. The van der Waals surface area contributed by atoms with E-state index in [1.807, 2.05) is 0 Å².